The summed E-state index contributed by atoms with van der Waals surface area (Å²) in [6, 6.07) is 0. The van der Waals surface area contributed by atoms with E-state index in [9.17, 15) is 4.79 Å². The highest BCUT2D eigenvalue weighted by Crippen LogP contribution is 2.22. The lowest BCUT2D eigenvalue weighted by Gasteiger charge is -2.15. The minimum absolute atomic E-state index is 0.0442. The predicted octanol–water partition coefficient (Wildman–Crippen LogP) is 12.5. The van der Waals surface area contributed by atoms with Crippen molar-refractivity contribution in [2.24, 2.45) is 17.8 Å². The van der Waals surface area contributed by atoms with Crippen molar-refractivity contribution in [1.29, 1.82) is 0 Å². The molecule has 0 heterocycles. The van der Waals surface area contributed by atoms with E-state index in [2.05, 4.69) is 84.1 Å². The van der Waals surface area contributed by atoms with Crippen molar-refractivity contribution in [2.45, 2.75) is 164 Å². The predicted molar refractivity (Wildman–Crippen MR) is 179 cm³/mol. The van der Waals surface area contributed by atoms with Gasteiger partial charge in [0.1, 0.15) is 6.61 Å². The monoisotopic (exact) mass is 557 g/mol. The van der Waals surface area contributed by atoms with Crippen LogP contribution in [-0.4, -0.2) is 12.6 Å². The van der Waals surface area contributed by atoms with E-state index in [1.54, 1.807) is 0 Å². The van der Waals surface area contributed by atoms with E-state index < -0.39 is 0 Å². The van der Waals surface area contributed by atoms with Crippen LogP contribution in [0.25, 0.3) is 0 Å². The Hall–Kier alpha value is -1.57. The second-order valence-electron chi connectivity index (χ2n) is 12.7. The highest BCUT2D eigenvalue weighted by atomic mass is 16.5. The zero-order valence-corrected chi connectivity index (χ0v) is 27.7. The van der Waals surface area contributed by atoms with Gasteiger partial charge in [0.2, 0.25) is 0 Å². The second kappa shape index (κ2) is 28.9. The lowest BCUT2D eigenvalue weighted by atomic mass is 9.91. The number of carbonyl (C=O) groups is 1. The van der Waals surface area contributed by atoms with E-state index in [1.165, 1.54) is 76.2 Å². The van der Waals surface area contributed by atoms with Crippen LogP contribution in [0.3, 0.4) is 0 Å². The van der Waals surface area contributed by atoms with Gasteiger partial charge >= 0.3 is 5.97 Å². The van der Waals surface area contributed by atoms with Gasteiger partial charge in [-0.2, -0.15) is 0 Å². The highest BCUT2D eigenvalue weighted by Gasteiger charge is 2.07. The van der Waals surface area contributed by atoms with Crippen LogP contribution in [0, 0.1) is 17.8 Å². The average molecular weight is 557 g/mol. The van der Waals surface area contributed by atoms with Gasteiger partial charge < -0.3 is 4.74 Å². The lowest BCUT2D eigenvalue weighted by molar-refractivity contribution is -0.142. The molecule has 2 heteroatoms. The molecule has 2 atom stereocenters. The SMILES string of the molecule is CC/C=C\C/C=C\C/C=C\CCCCCCCC(=O)OC/C=C(\C)CCCC(C)CCCC(C)CCCC(C)C. The molecule has 0 aliphatic heterocycles. The van der Waals surface area contributed by atoms with E-state index >= 15 is 0 Å². The van der Waals surface area contributed by atoms with Crippen molar-refractivity contribution in [1.82, 2.24) is 0 Å². The number of allylic oxidation sites excluding steroid dienone is 7. The molecular formula is C38H68O2. The van der Waals surface area contributed by atoms with Crippen molar-refractivity contribution < 1.29 is 9.53 Å². The third kappa shape index (κ3) is 29.4. The van der Waals surface area contributed by atoms with Gasteiger partial charge in [-0.05, 0) is 82.1 Å². The quantitative estimate of drug-likeness (QED) is 0.0571. The maximum atomic E-state index is 12.0. The first-order chi connectivity index (χ1) is 19.3. The van der Waals surface area contributed by atoms with Gasteiger partial charge in [0, 0.05) is 6.42 Å². The molecule has 0 aromatic rings. The first-order valence-electron chi connectivity index (χ1n) is 17.1. The van der Waals surface area contributed by atoms with Crippen LogP contribution in [0.15, 0.2) is 48.1 Å². The fraction of sp³-hybridized carbons (Fsp3) is 0.763. The standard InChI is InChI=1S/C38H68O2/c1-7-8-9-10-11-12-13-14-15-16-17-18-19-20-21-31-38(39)40-33-32-37(6)30-24-29-36(5)28-23-27-35(4)26-22-25-34(2)3/h8-9,11-12,14-15,32,34-36H,7,10,13,16-31,33H2,1-6H3/b9-8-,12-11-,15-14-,37-32+. The van der Waals surface area contributed by atoms with Crippen LogP contribution in [-0.2, 0) is 9.53 Å². The van der Waals surface area contributed by atoms with Crippen LogP contribution in [0.4, 0.5) is 0 Å². The highest BCUT2D eigenvalue weighted by molar-refractivity contribution is 5.69. The smallest absolute Gasteiger partial charge is 0.306 e. The topological polar surface area (TPSA) is 26.3 Å². The largest absolute Gasteiger partial charge is 0.461 e. The third-order valence-electron chi connectivity index (χ3n) is 7.85. The molecule has 0 rings (SSSR count). The molecule has 0 spiro atoms. The Morgan fingerprint density at radius 1 is 0.625 bits per heavy atom. The maximum absolute atomic E-state index is 12.0. The number of rotatable bonds is 27. The average Bonchev–Trinajstić information content (AvgIpc) is 2.90. The van der Waals surface area contributed by atoms with Crippen LogP contribution < -0.4 is 0 Å². The maximum Gasteiger partial charge on any atom is 0.306 e. The summed E-state index contributed by atoms with van der Waals surface area (Å²) in [6.45, 7) is 14.3. The first kappa shape index (κ1) is 38.4. The van der Waals surface area contributed by atoms with E-state index in [0.717, 1.165) is 62.7 Å². The molecule has 0 bridgehead atoms. The molecule has 232 valence electrons. The van der Waals surface area contributed by atoms with Crippen molar-refractivity contribution in [3.63, 3.8) is 0 Å². The Morgan fingerprint density at radius 2 is 1.18 bits per heavy atom. The van der Waals surface area contributed by atoms with Crippen LogP contribution in [0.2, 0.25) is 0 Å². The van der Waals surface area contributed by atoms with Crippen LogP contribution in [0.1, 0.15) is 164 Å². The summed E-state index contributed by atoms with van der Waals surface area (Å²) in [4.78, 5) is 12.0. The van der Waals surface area contributed by atoms with Gasteiger partial charge in [-0.3, -0.25) is 4.79 Å². The Morgan fingerprint density at radius 3 is 1.82 bits per heavy atom. The molecule has 0 amide bonds. The number of ether oxygens (including phenoxy) is 1. The zero-order chi connectivity index (χ0) is 29.7. The Bertz CT molecular complexity index is 682. The van der Waals surface area contributed by atoms with E-state index in [-0.39, 0.29) is 5.97 Å². The van der Waals surface area contributed by atoms with Gasteiger partial charge in [0.05, 0.1) is 0 Å². The summed E-state index contributed by atoms with van der Waals surface area (Å²) in [5, 5.41) is 0. The Labute approximate surface area is 251 Å². The summed E-state index contributed by atoms with van der Waals surface area (Å²) >= 11 is 0. The fourth-order valence-electron chi connectivity index (χ4n) is 5.05. The lowest BCUT2D eigenvalue weighted by Crippen LogP contribution is -2.04. The van der Waals surface area contributed by atoms with Crippen LogP contribution >= 0.6 is 0 Å². The molecule has 0 aliphatic carbocycles. The number of hydrogen-bond donors (Lipinski definition) is 0. The number of esters is 1. The number of hydrogen-bond acceptors (Lipinski definition) is 2. The minimum Gasteiger partial charge on any atom is -0.461 e. The minimum atomic E-state index is -0.0442. The third-order valence-corrected chi connectivity index (χ3v) is 7.85. The van der Waals surface area contributed by atoms with Gasteiger partial charge in [0.25, 0.3) is 0 Å². The number of unbranched alkanes of at least 4 members (excludes halogenated alkanes) is 5. The molecule has 0 aromatic heterocycles. The summed E-state index contributed by atoms with van der Waals surface area (Å²) in [6.07, 6.45) is 38.2. The summed E-state index contributed by atoms with van der Waals surface area (Å²) in [5.41, 5.74) is 1.35. The summed E-state index contributed by atoms with van der Waals surface area (Å²) in [7, 11) is 0. The molecule has 0 aromatic carbocycles. The molecule has 0 fully saturated rings. The van der Waals surface area contributed by atoms with Gasteiger partial charge in [-0.15, -0.1) is 0 Å². The molecule has 0 N–H and O–H groups in total. The zero-order valence-electron chi connectivity index (χ0n) is 27.7. The van der Waals surface area contributed by atoms with E-state index in [0.29, 0.717) is 13.0 Å². The van der Waals surface area contributed by atoms with Crippen molar-refractivity contribution in [3.8, 4) is 0 Å². The molecule has 2 unspecified atom stereocenters. The van der Waals surface area contributed by atoms with Crippen LogP contribution in [0.5, 0.6) is 0 Å². The molecule has 40 heavy (non-hydrogen) atoms. The van der Waals surface area contributed by atoms with E-state index in [4.69, 9.17) is 4.74 Å². The van der Waals surface area contributed by atoms with Gasteiger partial charge in [-0.1, -0.05) is 141 Å². The number of carbonyl (C=O) groups excluding carboxylic acids is 1. The summed E-state index contributed by atoms with van der Waals surface area (Å²) < 4.78 is 5.44. The van der Waals surface area contributed by atoms with Crippen molar-refractivity contribution in [2.75, 3.05) is 6.61 Å². The Kier molecular flexibility index (Phi) is 27.8. The first-order valence-corrected chi connectivity index (χ1v) is 17.1. The van der Waals surface area contributed by atoms with Gasteiger partial charge in [-0.25, -0.2) is 0 Å². The van der Waals surface area contributed by atoms with Gasteiger partial charge in [0.15, 0.2) is 0 Å². The summed E-state index contributed by atoms with van der Waals surface area (Å²) in [5.74, 6) is 2.50. The molecular weight excluding hydrogens is 488 g/mol. The van der Waals surface area contributed by atoms with Crippen molar-refractivity contribution >= 4 is 5.97 Å². The second-order valence-corrected chi connectivity index (χ2v) is 12.7. The molecule has 0 radical (unpaired) electrons. The fourth-order valence-corrected chi connectivity index (χ4v) is 5.05. The molecule has 0 saturated carbocycles. The molecule has 0 aliphatic rings. The van der Waals surface area contributed by atoms with E-state index in [1.807, 2.05) is 0 Å². The normalized spacial score (nSPS) is 14.2. The molecule has 0 saturated heterocycles. The van der Waals surface area contributed by atoms with Crippen molar-refractivity contribution in [3.05, 3.63) is 48.1 Å². The molecule has 2 nitrogen and oxygen atoms in total. The Balaban J connectivity index is 3.63.